The summed E-state index contributed by atoms with van der Waals surface area (Å²) in [7, 11) is -0.0358. The minimum absolute atomic E-state index is 0.0723. The van der Waals surface area contributed by atoms with Crippen molar-refractivity contribution in [2.75, 3.05) is 7.05 Å². The first-order chi connectivity index (χ1) is 10.9. The van der Waals surface area contributed by atoms with Crippen LogP contribution in [0.25, 0.3) is 0 Å². The number of aromatic nitrogens is 3. The van der Waals surface area contributed by atoms with Gasteiger partial charge >= 0.3 is 0 Å². The van der Waals surface area contributed by atoms with E-state index in [-0.39, 0.29) is 10.9 Å². The van der Waals surface area contributed by atoms with Crippen LogP contribution in [0.2, 0.25) is 0 Å². The molecule has 0 bridgehead atoms. The molecular formula is C15H23N5O2S. The van der Waals surface area contributed by atoms with E-state index in [9.17, 15) is 8.42 Å². The van der Waals surface area contributed by atoms with Crippen LogP contribution in [0.3, 0.4) is 0 Å². The highest BCUT2D eigenvalue weighted by atomic mass is 32.2. The lowest BCUT2D eigenvalue weighted by Crippen LogP contribution is -2.21. The van der Waals surface area contributed by atoms with E-state index < -0.39 is 10.0 Å². The van der Waals surface area contributed by atoms with E-state index in [1.807, 2.05) is 37.6 Å². The summed E-state index contributed by atoms with van der Waals surface area (Å²) in [5.41, 5.74) is 1.01. The number of sulfonamides is 1. The Morgan fingerprint density at radius 2 is 1.78 bits per heavy atom. The Kier molecular flexibility index (Phi) is 5.51. The van der Waals surface area contributed by atoms with E-state index >= 15 is 0 Å². The van der Waals surface area contributed by atoms with Crippen LogP contribution in [0.1, 0.15) is 37.1 Å². The second-order valence-electron chi connectivity index (χ2n) is 5.32. The topological polar surface area (TPSA) is 88.9 Å². The summed E-state index contributed by atoms with van der Waals surface area (Å²) < 4.78 is 27.7. The molecule has 0 fully saturated rings. The van der Waals surface area contributed by atoms with Gasteiger partial charge in [-0.1, -0.05) is 19.1 Å². The van der Waals surface area contributed by atoms with Gasteiger partial charge in [-0.2, -0.15) is 0 Å². The number of rotatable bonds is 7. The monoisotopic (exact) mass is 337 g/mol. The summed E-state index contributed by atoms with van der Waals surface area (Å²) in [6, 6.07) is 6.92. The van der Waals surface area contributed by atoms with Crippen LogP contribution < -0.4 is 10.0 Å². The maximum Gasteiger partial charge on any atom is 0.240 e. The molecule has 2 N–H and O–H groups in total. The van der Waals surface area contributed by atoms with Gasteiger partial charge in [-0.15, -0.1) is 10.2 Å². The van der Waals surface area contributed by atoms with E-state index in [4.69, 9.17) is 0 Å². The van der Waals surface area contributed by atoms with Crippen molar-refractivity contribution in [2.45, 2.75) is 37.8 Å². The number of nitrogens with zero attached hydrogens (tertiary/aromatic N) is 3. The average molecular weight is 337 g/mol. The molecule has 7 nitrogen and oxygen atoms in total. The quantitative estimate of drug-likeness (QED) is 0.791. The van der Waals surface area contributed by atoms with Crippen LogP contribution in [0, 0.1) is 0 Å². The number of benzene rings is 1. The van der Waals surface area contributed by atoms with Crippen molar-refractivity contribution in [2.24, 2.45) is 7.05 Å². The molecule has 0 saturated carbocycles. The fraction of sp³-hybridized carbons (Fsp3) is 0.467. The summed E-state index contributed by atoms with van der Waals surface area (Å²) in [6.45, 7) is 4.67. The molecule has 126 valence electrons. The van der Waals surface area contributed by atoms with Gasteiger partial charge in [0.15, 0.2) is 0 Å². The van der Waals surface area contributed by atoms with Gasteiger partial charge in [-0.25, -0.2) is 13.1 Å². The van der Waals surface area contributed by atoms with Crippen molar-refractivity contribution >= 4 is 10.0 Å². The smallest absolute Gasteiger partial charge is 0.240 e. The van der Waals surface area contributed by atoms with Crippen molar-refractivity contribution < 1.29 is 8.42 Å². The third-order valence-electron chi connectivity index (χ3n) is 3.90. The lowest BCUT2D eigenvalue weighted by Gasteiger charge is -2.14. The summed E-state index contributed by atoms with van der Waals surface area (Å²) in [5.74, 6) is 1.83. The Balaban J connectivity index is 2.03. The first-order valence-electron chi connectivity index (χ1n) is 7.53. The Bertz CT molecular complexity index is 753. The zero-order valence-corrected chi connectivity index (χ0v) is 14.7. The van der Waals surface area contributed by atoms with E-state index in [0.717, 1.165) is 23.6 Å². The zero-order chi connectivity index (χ0) is 17.0. The minimum atomic E-state index is -3.39. The molecule has 8 heteroatoms. The second kappa shape index (κ2) is 7.20. The third-order valence-corrected chi connectivity index (χ3v) is 5.33. The molecular weight excluding hydrogens is 314 g/mol. The highest BCUT2D eigenvalue weighted by Gasteiger charge is 2.13. The Morgan fingerprint density at radius 1 is 1.17 bits per heavy atom. The van der Waals surface area contributed by atoms with Crippen molar-refractivity contribution in [3.05, 3.63) is 41.5 Å². The largest absolute Gasteiger partial charge is 0.317 e. The molecule has 0 saturated heterocycles. The highest BCUT2D eigenvalue weighted by Crippen LogP contribution is 2.16. The number of hydrogen-bond donors (Lipinski definition) is 2. The van der Waals surface area contributed by atoms with Crippen LogP contribution in [-0.2, 0) is 30.0 Å². The van der Waals surface area contributed by atoms with Gasteiger partial charge in [0.25, 0.3) is 0 Å². The van der Waals surface area contributed by atoms with Gasteiger partial charge in [0.05, 0.1) is 11.4 Å². The van der Waals surface area contributed by atoms with Crippen LogP contribution in [0.4, 0.5) is 0 Å². The van der Waals surface area contributed by atoms with E-state index in [1.54, 1.807) is 12.1 Å². The second-order valence-corrected chi connectivity index (χ2v) is 7.21. The Labute approximate surface area is 137 Å². The Morgan fingerprint density at radius 3 is 2.30 bits per heavy atom. The predicted molar refractivity (Wildman–Crippen MR) is 88.3 cm³/mol. The fourth-order valence-electron chi connectivity index (χ4n) is 2.28. The molecule has 2 aromatic rings. The fourth-order valence-corrected chi connectivity index (χ4v) is 3.01. The molecule has 0 radical (unpaired) electrons. The van der Waals surface area contributed by atoms with Crippen LogP contribution in [-0.4, -0.2) is 30.2 Å². The van der Waals surface area contributed by atoms with Crippen molar-refractivity contribution in [1.29, 1.82) is 0 Å². The maximum atomic E-state index is 11.7. The first kappa shape index (κ1) is 17.6. The third kappa shape index (κ3) is 3.95. The Hall–Kier alpha value is -1.77. The van der Waals surface area contributed by atoms with Gasteiger partial charge < -0.3 is 9.88 Å². The predicted octanol–water partition coefficient (Wildman–Crippen LogP) is 1.14. The average Bonchev–Trinajstić information content (AvgIpc) is 2.92. The summed E-state index contributed by atoms with van der Waals surface area (Å²) in [5, 5.41) is 11.7. The van der Waals surface area contributed by atoms with Crippen LogP contribution in [0.5, 0.6) is 0 Å². The summed E-state index contributed by atoms with van der Waals surface area (Å²) in [4.78, 5) is 0.261. The summed E-state index contributed by atoms with van der Waals surface area (Å²) in [6.07, 6.45) is 0.848. The van der Waals surface area contributed by atoms with Crippen molar-refractivity contribution in [3.63, 3.8) is 0 Å². The molecule has 1 aromatic heterocycles. The van der Waals surface area contributed by atoms with Gasteiger partial charge in [0.1, 0.15) is 11.6 Å². The standard InChI is InChI=1S/C15H23N5O2S/c1-5-14-18-19-15(20(14)4)10-17-11(2)12-6-8-13(9-7-12)23(21,22)16-3/h6-9,11,16-17H,5,10H2,1-4H3. The number of nitrogens with one attached hydrogen (secondary N) is 2. The lowest BCUT2D eigenvalue weighted by molar-refractivity contribution is 0.546. The first-order valence-corrected chi connectivity index (χ1v) is 9.01. The molecule has 23 heavy (non-hydrogen) atoms. The molecule has 1 atom stereocenters. The van der Waals surface area contributed by atoms with Crippen LogP contribution >= 0.6 is 0 Å². The van der Waals surface area contributed by atoms with Crippen LogP contribution in [0.15, 0.2) is 29.2 Å². The van der Waals surface area contributed by atoms with Gasteiger partial charge in [-0.3, -0.25) is 0 Å². The zero-order valence-electron chi connectivity index (χ0n) is 13.9. The summed E-state index contributed by atoms with van der Waals surface area (Å²) >= 11 is 0. The maximum absolute atomic E-state index is 11.7. The van der Waals surface area contributed by atoms with Gasteiger partial charge in [0.2, 0.25) is 10.0 Å². The minimum Gasteiger partial charge on any atom is -0.317 e. The normalized spacial score (nSPS) is 13.2. The van der Waals surface area contributed by atoms with E-state index in [2.05, 4.69) is 20.2 Å². The SMILES string of the molecule is CCc1nnc(CNC(C)c2ccc(S(=O)(=O)NC)cc2)n1C. The molecule has 1 heterocycles. The number of aryl methyl sites for hydroxylation is 1. The van der Waals surface area contributed by atoms with Gasteiger partial charge in [-0.05, 0) is 31.7 Å². The molecule has 0 amide bonds. The van der Waals surface area contributed by atoms with E-state index in [0.29, 0.717) is 6.54 Å². The molecule has 0 aliphatic carbocycles. The molecule has 0 aliphatic heterocycles. The van der Waals surface area contributed by atoms with Gasteiger partial charge in [0, 0.05) is 19.5 Å². The van der Waals surface area contributed by atoms with Crippen molar-refractivity contribution in [1.82, 2.24) is 24.8 Å². The number of hydrogen-bond acceptors (Lipinski definition) is 5. The van der Waals surface area contributed by atoms with E-state index in [1.165, 1.54) is 7.05 Å². The highest BCUT2D eigenvalue weighted by molar-refractivity contribution is 7.89. The molecule has 1 aromatic carbocycles. The van der Waals surface area contributed by atoms with Crippen molar-refractivity contribution in [3.8, 4) is 0 Å². The lowest BCUT2D eigenvalue weighted by atomic mass is 10.1. The molecule has 1 unspecified atom stereocenters. The molecule has 0 aliphatic rings. The molecule has 0 spiro atoms. The molecule has 2 rings (SSSR count).